The summed E-state index contributed by atoms with van der Waals surface area (Å²) in [7, 11) is -0.520. The molecule has 4 aromatic rings. The molecule has 5 rings (SSSR count). The van der Waals surface area contributed by atoms with Crippen LogP contribution >= 0.6 is 71.7 Å². The molecule has 0 N–H and O–H groups in total. The quantitative estimate of drug-likeness (QED) is 0.00756. The molecule has 19 nitrogen and oxygen atoms in total. The summed E-state index contributed by atoms with van der Waals surface area (Å²) in [5, 5.41) is 31.1. The second-order valence-electron chi connectivity index (χ2n) is 15.0. The van der Waals surface area contributed by atoms with Crippen LogP contribution in [0.4, 0.5) is 10.0 Å². The van der Waals surface area contributed by atoms with Crippen LogP contribution in [0, 0.1) is 20.2 Å². The Bertz CT molecular complexity index is 2360. The molecule has 2 aromatic heterocycles. The third-order valence-corrected chi connectivity index (χ3v) is 16.2. The zero-order valence-electron chi connectivity index (χ0n) is 41.0. The maximum Gasteiger partial charge on any atom is 1.00 e. The first-order chi connectivity index (χ1) is 34.4. The van der Waals surface area contributed by atoms with Gasteiger partial charge in [-0.05, 0) is 105 Å². The zero-order chi connectivity index (χ0) is 53.4. The maximum absolute atomic E-state index is 13.6. The van der Waals surface area contributed by atoms with Crippen molar-refractivity contribution in [1.29, 1.82) is 0 Å². The molecule has 2 aromatic carbocycles. The summed E-state index contributed by atoms with van der Waals surface area (Å²) in [5.41, 5.74) is 1.46. The smallest absolute Gasteiger partial charge is 0.850 e. The molecule has 1 aliphatic heterocycles. The molecule has 0 spiro atoms. The van der Waals surface area contributed by atoms with Gasteiger partial charge < -0.3 is 28.4 Å². The first-order valence-electron chi connectivity index (χ1n) is 22.2. The summed E-state index contributed by atoms with van der Waals surface area (Å²) in [6.45, 7) is 6.32. The van der Waals surface area contributed by atoms with Gasteiger partial charge in [-0.2, -0.15) is 0 Å². The molecule has 1 aliphatic rings. The minimum Gasteiger partial charge on any atom is -0.850 e. The topological polar surface area (TPSA) is 239 Å². The number of nitro groups is 2. The SMILES string of the molecule is C1CCOC1.C=CCOC(=O)Cc1ccc(OP(=O)(Cl)N(C)CCCCCl)cc1.C=CCOC(=O)Cc1ccc(OP(=O)(OCc2ccc([N+](=O)[O-])s2)N(C)CCCCCl)cc1.O=[N+]([O-])c1ccc(C[O-])s1.[Li+]. The molecule has 27 heteroatoms. The van der Waals surface area contributed by atoms with Gasteiger partial charge in [-0.1, -0.05) is 72.2 Å². The largest absolute Gasteiger partial charge is 1.00 e. The van der Waals surface area contributed by atoms with Gasteiger partial charge in [0.1, 0.15) is 24.7 Å². The number of hydrogen-bond donors (Lipinski definition) is 0. The van der Waals surface area contributed by atoms with Gasteiger partial charge in [0.2, 0.25) is 0 Å². The van der Waals surface area contributed by atoms with Crippen LogP contribution in [0.5, 0.6) is 11.5 Å². The van der Waals surface area contributed by atoms with Crippen molar-refractivity contribution in [3.8, 4) is 11.5 Å². The molecule has 1 fully saturated rings. The Morgan fingerprint density at radius 3 is 1.53 bits per heavy atom. The van der Waals surface area contributed by atoms with Gasteiger partial charge in [-0.3, -0.25) is 34.3 Å². The molecule has 73 heavy (non-hydrogen) atoms. The average Bonchev–Trinajstić information content (AvgIpc) is 4.19. The van der Waals surface area contributed by atoms with Crippen molar-refractivity contribution in [2.45, 2.75) is 64.6 Å². The van der Waals surface area contributed by atoms with Crippen molar-refractivity contribution in [2.75, 3.05) is 65.4 Å². The van der Waals surface area contributed by atoms with Crippen LogP contribution in [0.1, 0.15) is 59.4 Å². The first kappa shape index (κ1) is 67.4. The molecular weight excluding hydrogens is 1090 g/mol. The van der Waals surface area contributed by atoms with E-state index in [9.17, 15) is 44.1 Å². The van der Waals surface area contributed by atoms with Crippen molar-refractivity contribution >= 4 is 93.7 Å². The molecule has 2 unspecified atom stereocenters. The van der Waals surface area contributed by atoms with E-state index in [0.29, 0.717) is 58.1 Å². The van der Waals surface area contributed by atoms with E-state index in [2.05, 4.69) is 13.2 Å². The van der Waals surface area contributed by atoms with E-state index >= 15 is 0 Å². The Morgan fingerprint density at radius 1 is 0.712 bits per heavy atom. The van der Waals surface area contributed by atoms with Gasteiger partial charge in [0.05, 0.1) is 29.3 Å². The summed E-state index contributed by atoms with van der Waals surface area (Å²) in [6.07, 6.45) is 8.81. The standard InChI is InChI=1S/C21H26ClN2O7PS.C16H22Cl2NO4P.C5H4NO3S.C4H8O.Li/c1-3-14-29-21(25)15-17-6-8-18(9-7-17)31-32(28,23(2)13-5-4-12-22)30-16-19-10-11-20(33-19)24(26)27;1-3-12-22-16(20)13-14-6-8-15(9-7-14)23-24(18,21)19(2)11-5-4-10-17;7-3-4-1-2-5(10-4)6(8)9;1-2-4-5-3-1;/h3,6-11H,1,4-5,12-16H2,2H3;3,6-9H,1,4-5,10-13H2,2H3;1-2H,3H2;1-4H2;/q;;-1;;+1. The predicted octanol–water partition coefficient (Wildman–Crippen LogP) is 8.53. The van der Waals surface area contributed by atoms with Crippen LogP contribution in [0.2, 0.25) is 0 Å². The van der Waals surface area contributed by atoms with Crippen molar-refractivity contribution < 1.29 is 80.3 Å². The van der Waals surface area contributed by atoms with Crippen molar-refractivity contribution in [1.82, 2.24) is 9.34 Å². The molecule has 0 bridgehead atoms. The van der Waals surface area contributed by atoms with Gasteiger partial charge in [-0.25, -0.2) is 18.5 Å². The van der Waals surface area contributed by atoms with Crippen LogP contribution in [0.15, 0.2) is 98.1 Å². The molecule has 0 amide bonds. The number of alkyl halides is 2. The van der Waals surface area contributed by atoms with E-state index in [1.807, 2.05) is 0 Å². The Balaban J connectivity index is 0.000000574. The van der Waals surface area contributed by atoms with Gasteiger partial charge >= 0.3 is 55.4 Å². The van der Waals surface area contributed by atoms with Gasteiger partial charge in [0.25, 0.3) is 0 Å². The summed E-state index contributed by atoms with van der Waals surface area (Å²) in [6, 6.07) is 18.9. The van der Waals surface area contributed by atoms with Crippen LogP contribution in [0.25, 0.3) is 0 Å². The van der Waals surface area contributed by atoms with E-state index in [0.717, 1.165) is 60.7 Å². The van der Waals surface area contributed by atoms with Crippen LogP contribution in [-0.4, -0.2) is 96.5 Å². The molecule has 3 heterocycles. The number of carbonyl (C=O) groups excluding carboxylic acids is 2. The minimum atomic E-state index is -3.79. The van der Waals surface area contributed by atoms with E-state index in [-0.39, 0.29) is 80.1 Å². The van der Waals surface area contributed by atoms with Crippen molar-refractivity contribution in [3.63, 3.8) is 0 Å². The van der Waals surface area contributed by atoms with Crippen molar-refractivity contribution in [2.24, 2.45) is 0 Å². The third kappa shape index (κ3) is 28.2. The van der Waals surface area contributed by atoms with Crippen molar-refractivity contribution in [3.05, 3.63) is 139 Å². The number of esters is 2. The number of carbonyl (C=O) groups is 2. The number of rotatable bonds is 28. The molecular formula is C46H60Cl3LiN4O15P2S2. The summed E-state index contributed by atoms with van der Waals surface area (Å²) in [4.78, 5) is 44.3. The van der Waals surface area contributed by atoms with Crippen LogP contribution in [-0.2, 0) is 63.5 Å². The van der Waals surface area contributed by atoms with Gasteiger partial charge in [0, 0.05) is 66.3 Å². The second-order valence-corrected chi connectivity index (χ2v) is 23.1. The summed E-state index contributed by atoms with van der Waals surface area (Å²) >= 11 is 19.3. The maximum atomic E-state index is 13.6. The Morgan fingerprint density at radius 2 is 1.15 bits per heavy atom. The second kappa shape index (κ2) is 38.0. The molecule has 2 atom stereocenters. The number of benzene rings is 2. The monoisotopic (exact) mass is 1150 g/mol. The molecule has 0 saturated carbocycles. The molecule has 398 valence electrons. The van der Waals surface area contributed by atoms with E-state index in [1.165, 1.54) is 52.5 Å². The van der Waals surface area contributed by atoms with E-state index in [4.69, 9.17) is 62.2 Å². The molecule has 1 saturated heterocycles. The number of hydrogen-bond acceptors (Lipinski definition) is 17. The first-order valence-corrected chi connectivity index (χ1v) is 28.9. The number of nitrogens with zero attached hydrogens (tertiary/aromatic N) is 4. The molecule has 0 radical (unpaired) electrons. The van der Waals surface area contributed by atoms with Gasteiger partial charge in [-0.15, -0.1) is 29.8 Å². The van der Waals surface area contributed by atoms with Gasteiger partial charge in [0.15, 0.2) is 0 Å². The fraction of sp³-hybridized carbons (Fsp3) is 0.435. The summed E-state index contributed by atoms with van der Waals surface area (Å²) in [5.74, 6) is 0.976. The number of unbranched alkanes of at least 4 members (excludes halogenated alkanes) is 2. The summed E-state index contributed by atoms with van der Waals surface area (Å²) < 4.78 is 60.7. The zero-order valence-corrected chi connectivity index (χ0v) is 46.7. The number of halogens is 3. The Labute approximate surface area is 461 Å². The number of ether oxygens (including phenoxy) is 3. The Kier molecular flexibility index (Phi) is 35.1. The number of thiophene rings is 2. The minimum absolute atomic E-state index is 0. The normalized spacial score (nSPS) is 13.2. The third-order valence-electron chi connectivity index (χ3n) is 9.26. The Hall–Kier alpha value is -3.61. The van der Waals surface area contributed by atoms with Crippen LogP contribution in [0.3, 0.4) is 0 Å². The predicted molar refractivity (Wildman–Crippen MR) is 281 cm³/mol. The fourth-order valence-corrected chi connectivity index (χ4v) is 10.2. The molecule has 0 aliphatic carbocycles. The average molecular weight is 1150 g/mol. The van der Waals surface area contributed by atoms with E-state index < -0.39 is 24.5 Å². The van der Waals surface area contributed by atoms with E-state index in [1.54, 1.807) is 68.7 Å². The van der Waals surface area contributed by atoms with Crippen LogP contribution < -0.4 is 33.0 Å². The fourth-order valence-electron chi connectivity index (χ4n) is 5.46.